The number of carboxylic acid groups (broad SMARTS) is 1. The van der Waals surface area contributed by atoms with Gasteiger partial charge < -0.3 is 10.4 Å². The summed E-state index contributed by atoms with van der Waals surface area (Å²) in [5.74, 6) is -1.02. The van der Waals surface area contributed by atoms with Gasteiger partial charge in [-0.3, -0.25) is 9.36 Å². The van der Waals surface area contributed by atoms with Gasteiger partial charge in [0, 0.05) is 29.0 Å². The van der Waals surface area contributed by atoms with Crippen LogP contribution in [0.15, 0.2) is 59.4 Å². The molecule has 0 amide bonds. The number of nitrogens with zero attached hydrogens (tertiary/aromatic N) is 1. The summed E-state index contributed by atoms with van der Waals surface area (Å²) < 4.78 is 1.54. The number of carboxylic acids is 1. The van der Waals surface area contributed by atoms with E-state index in [4.69, 9.17) is 0 Å². The van der Waals surface area contributed by atoms with E-state index in [-0.39, 0.29) is 11.1 Å². The van der Waals surface area contributed by atoms with Gasteiger partial charge >= 0.3 is 5.97 Å². The van der Waals surface area contributed by atoms with E-state index in [1.807, 2.05) is 30.3 Å². The van der Waals surface area contributed by atoms with Crippen LogP contribution in [0.4, 0.5) is 0 Å². The van der Waals surface area contributed by atoms with Crippen LogP contribution in [0.3, 0.4) is 0 Å². The van der Waals surface area contributed by atoms with E-state index in [9.17, 15) is 14.7 Å². The summed E-state index contributed by atoms with van der Waals surface area (Å²) >= 11 is 0. The van der Waals surface area contributed by atoms with Crippen LogP contribution in [0.5, 0.6) is 0 Å². The number of aromatic nitrogens is 1. The van der Waals surface area contributed by atoms with Crippen molar-refractivity contribution < 1.29 is 9.90 Å². The molecule has 4 rings (SSSR count). The zero-order chi connectivity index (χ0) is 18.1. The fraction of sp³-hybridized carbons (Fsp3) is 0.238. The Labute approximate surface area is 150 Å². The minimum atomic E-state index is -1.02. The summed E-state index contributed by atoms with van der Waals surface area (Å²) in [7, 11) is 0. The number of aromatic carboxylic acids is 1. The SMILES string of the molecule is O=C(O)c1c(CNC2CCC2)n(-c2ccccc2)c(=O)c2ccccc12. The lowest BCUT2D eigenvalue weighted by molar-refractivity contribution is 0.0696. The summed E-state index contributed by atoms with van der Waals surface area (Å²) in [5, 5.41) is 14.2. The third-order valence-electron chi connectivity index (χ3n) is 5.08. The quantitative estimate of drug-likeness (QED) is 0.742. The maximum absolute atomic E-state index is 13.2. The topological polar surface area (TPSA) is 71.3 Å². The van der Waals surface area contributed by atoms with Gasteiger partial charge in [0.25, 0.3) is 5.56 Å². The Morgan fingerprint density at radius 1 is 1.04 bits per heavy atom. The van der Waals surface area contributed by atoms with E-state index in [1.54, 1.807) is 24.3 Å². The van der Waals surface area contributed by atoms with Gasteiger partial charge in [-0.25, -0.2) is 4.79 Å². The average molecular weight is 348 g/mol. The van der Waals surface area contributed by atoms with Gasteiger partial charge in [-0.05, 0) is 31.0 Å². The second kappa shape index (κ2) is 6.77. The summed E-state index contributed by atoms with van der Waals surface area (Å²) in [6.45, 7) is 0.348. The van der Waals surface area contributed by atoms with Gasteiger partial charge in [0.2, 0.25) is 0 Å². The van der Waals surface area contributed by atoms with E-state index in [1.165, 1.54) is 11.0 Å². The Balaban J connectivity index is 2.00. The van der Waals surface area contributed by atoms with Crippen molar-refractivity contribution in [3.63, 3.8) is 0 Å². The van der Waals surface area contributed by atoms with Gasteiger partial charge in [0.15, 0.2) is 0 Å². The molecular weight excluding hydrogens is 328 g/mol. The molecule has 132 valence electrons. The molecule has 0 bridgehead atoms. The highest BCUT2D eigenvalue weighted by Gasteiger charge is 2.24. The Bertz CT molecular complexity index is 1020. The van der Waals surface area contributed by atoms with Crippen molar-refractivity contribution in [3.05, 3.63) is 76.2 Å². The van der Waals surface area contributed by atoms with Crippen LogP contribution in [-0.2, 0) is 6.54 Å². The van der Waals surface area contributed by atoms with Crippen molar-refractivity contribution in [1.82, 2.24) is 9.88 Å². The number of para-hydroxylation sites is 1. The molecule has 1 heterocycles. The minimum Gasteiger partial charge on any atom is -0.478 e. The van der Waals surface area contributed by atoms with E-state index in [0.29, 0.717) is 34.7 Å². The Kier molecular flexibility index (Phi) is 4.31. The van der Waals surface area contributed by atoms with Crippen LogP contribution < -0.4 is 10.9 Å². The number of pyridine rings is 1. The standard InChI is InChI=1S/C21H20N2O3/c24-20-17-12-5-4-11-16(17)19(21(25)26)18(13-22-14-7-6-8-14)23(20)15-9-2-1-3-10-15/h1-5,9-12,14,22H,6-8,13H2,(H,25,26). The van der Waals surface area contributed by atoms with E-state index >= 15 is 0 Å². The fourth-order valence-electron chi connectivity index (χ4n) is 3.51. The number of fused-ring (bicyclic) bond motifs is 1. The molecular formula is C21H20N2O3. The lowest BCUT2D eigenvalue weighted by atomic mass is 9.93. The minimum absolute atomic E-state index is 0.191. The summed E-state index contributed by atoms with van der Waals surface area (Å²) in [5.41, 5.74) is 1.17. The zero-order valence-electron chi connectivity index (χ0n) is 14.3. The molecule has 0 atom stereocenters. The van der Waals surface area contributed by atoms with Crippen molar-refractivity contribution in [2.45, 2.75) is 31.8 Å². The molecule has 5 nitrogen and oxygen atoms in total. The van der Waals surface area contributed by atoms with Crippen molar-refractivity contribution in [1.29, 1.82) is 0 Å². The van der Waals surface area contributed by atoms with Gasteiger partial charge in [0.05, 0.1) is 11.3 Å². The lowest BCUT2D eigenvalue weighted by Gasteiger charge is -2.28. The number of rotatable bonds is 5. The lowest BCUT2D eigenvalue weighted by Crippen LogP contribution is -2.37. The van der Waals surface area contributed by atoms with Crippen LogP contribution in [0.2, 0.25) is 0 Å². The Morgan fingerprint density at radius 3 is 2.31 bits per heavy atom. The van der Waals surface area contributed by atoms with E-state index < -0.39 is 5.97 Å². The number of carbonyl (C=O) groups is 1. The predicted octanol–water partition coefficient (Wildman–Crippen LogP) is 3.33. The maximum Gasteiger partial charge on any atom is 0.338 e. The molecule has 1 aromatic heterocycles. The number of nitrogens with one attached hydrogen (secondary N) is 1. The molecule has 5 heteroatoms. The highest BCUT2D eigenvalue weighted by molar-refractivity contribution is 6.04. The molecule has 1 saturated carbocycles. The van der Waals surface area contributed by atoms with Crippen LogP contribution >= 0.6 is 0 Å². The van der Waals surface area contributed by atoms with Crippen LogP contribution in [0.25, 0.3) is 16.5 Å². The van der Waals surface area contributed by atoms with Gasteiger partial charge in [-0.1, -0.05) is 42.8 Å². The molecule has 1 aliphatic carbocycles. The number of benzene rings is 2. The second-order valence-corrected chi connectivity index (χ2v) is 6.66. The summed E-state index contributed by atoms with van der Waals surface area (Å²) in [6.07, 6.45) is 3.36. The first kappa shape index (κ1) is 16.5. The van der Waals surface area contributed by atoms with E-state index in [2.05, 4.69) is 5.32 Å². The third-order valence-corrected chi connectivity index (χ3v) is 5.08. The van der Waals surface area contributed by atoms with Gasteiger partial charge in [0.1, 0.15) is 0 Å². The molecule has 0 spiro atoms. The number of hydrogen-bond acceptors (Lipinski definition) is 3. The monoisotopic (exact) mass is 348 g/mol. The molecule has 2 N–H and O–H groups in total. The molecule has 0 radical (unpaired) electrons. The third kappa shape index (κ3) is 2.80. The molecule has 2 aromatic carbocycles. The van der Waals surface area contributed by atoms with Gasteiger partial charge in [-0.2, -0.15) is 0 Å². The summed E-state index contributed by atoms with van der Waals surface area (Å²) in [4.78, 5) is 25.3. The Morgan fingerprint density at radius 2 is 1.69 bits per heavy atom. The van der Waals surface area contributed by atoms with E-state index in [0.717, 1.165) is 12.8 Å². The van der Waals surface area contributed by atoms with Crippen molar-refractivity contribution in [3.8, 4) is 5.69 Å². The molecule has 0 aliphatic heterocycles. The molecule has 1 fully saturated rings. The number of hydrogen-bond donors (Lipinski definition) is 2. The van der Waals surface area contributed by atoms with Gasteiger partial charge in [-0.15, -0.1) is 0 Å². The Hall–Kier alpha value is -2.92. The van der Waals surface area contributed by atoms with Crippen LogP contribution in [0.1, 0.15) is 35.3 Å². The first-order valence-corrected chi connectivity index (χ1v) is 8.85. The zero-order valence-corrected chi connectivity index (χ0v) is 14.3. The van der Waals surface area contributed by atoms with Crippen molar-refractivity contribution >= 4 is 16.7 Å². The highest BCUT2D eigenvalue weighted by atomic mass is 16.4. The summed E-state index contributed by atoms with van der Waals surface area (Å²) in [6, 6.07) is 16.5. The average Bonchev–Trinajstić information content (AvgIpc) is 2.61. The molecule has 0 saturated heterocycles. The predicted molar refractivity (Wildman–Crippen MR) is 101 cm³/mol. The first-order valence-electron chi connectivity index (χ1n) is 8.85. The molecule has 0 unspecified atom stereocenters. The first-order chi connectivity index (χ1) is 12.7. The smallest absolute Gasteiger partial charge is 0.338 e. The molecule has 26 heavy (non-hydrogen) atoms. The van der Waals surface area contributed by atoms with Crippen LogP contribution in [-0.4, -0.2) is 21.7 Å². The normalized spacial score (nSPS) is 14.3. The van der Waals surface area contributed by atoms with Crippen LogP contribution in [0, 0.1) is 0 Å². The fourth-order valence-corrected chi connectivity index (χ4v) is 3.51. The highest BCUT2D eigenvalue weighted by Crippen LogP contribution is 2.24. The van der Waals surface area contributed by atoms with Crippen molar-refractivity contribution in [2.24, 2.45) is 0 Å². The molecule has 3 aromatic rings. The largest absolute Gasteiger partial charge is 0.478 e. The van der Waals surface area contributed by atoms with Crippen molar-refractivity contribution in [2.75, 3.05) is 0 Å². The molecule has 1 aliphatic rings. The second-order valence-electron chi connectivity index (χ2n) is 6.66. The maximum atomic E-state index is 13.2.